The van der Waals surface area contributed by atoms with Crippen molar-refractivity contribution in [3.63, 3.8) is 0 Å². The first-order chi connectivity index (χ1) is 15.5. The van der Waals surface area contributed by atoms with E-state index >= 15 is 0 Å². The number of hydrogen-bond acceptors (Lipinski definition) is 5. The van der Waals surface area contributed by atoms with Crippen molar-refractivity contribution in [2.45, 2.75) is 32.2 Å². The third kappa shape index (κ3) is 3.89. The van der Waals surface area contributed by atoms with Crippen LogP contribution in [0.5, 0.6) is 0 Å². The number of nitrogens with zero attached hydrogens (tertiary/aromatic N) is 2. The second kappa shape index (κ2) is 8.20. The van der Waals surface area contributed by atoms with Gasteiger partial charge in [0.25, 0.3) is 5.91 Å². The second-order valence-corrected chi connectivity index (χ2v) is 9.00. The standard InChI is InChI=1S/C24H22N4O3S/c1-14-4-6-15(7-5-14)23-26-17(13-32-23)12-21(29)25-16-8-9-19-18(11-16)24(31)28-10-2-3-20(28)22(30)27-19/h4-9,11,13,20H,2-3,10,12H2,1H3,(H,25,29)(H,27,30). The zero-order chi connectivity index (χ0) is 22.2. The van der Waals surface area contributed by atoms with Crippen LogP contribution in [0.3, 0.4) is 0 Å². The Balaban J connectivity index is 1.30. The molecule has 2 aromatic carbocycles. The van der Waals surface area contributed by atoms with Crippen LogP contribution < -0.4 is 10.6 Å². The van der Waals surface area contributed by atoms with Crippen LogP contribution in [0.25, 0.3) is 10.6 Å². The molecule has 0 bridgehead atoms. The fraction of sp³-hybridized carbons (Fsp3) is 0.250. The first-order valence-corrected chi connectivity index (χ1v) is 11.4. The van der Waals surface area contributed by atoms with Crippen LogP contribution >= 0.6 is 11.3 Å². The van der Waals surface area contributed by atoms with Gasteiger partial charge >= 0.3 is 0 Å². The molecule has 1 aromatic heterocycles. The first kappa shape index (κ1) is 20.4. The largest absolute Gasteiger partial charge is 0.327 e. The summed E-state index contributed by atoms with van der Waals surface area (Å²) in [6.07, 6.45) is 1.62. The number of carbonyl (C=O) groups excluding carboxylic acids is 3. The van der Waals surface area contributed by atoms with Gasteiger partial charge in [0.1, 0.15) is 11.0 Å². The van der Waals surface area contributed by atoms with Gasteiger partial charge in [0, 0.05) is 23.2 Å². The lowest BCUT2D eigenvalue weighted by Crippen LogP contribution is -2.40. The quantitative estimate of drug-likeness (QED) is 0.637. The molecule has 8 heteroatoms. The minimum atomic E-state index is -0.416. The number of benzene rings is 2. The molecule has 3 heterocycles. The summed E-state index contributed by atoms with van der Waals surface area (Å²) in [5.41, 5.74) is 4.30. The van der Waals surface area contributed by atoms with E-state index in [9.17, 15) is 14.4 Å². The number of anilines is 2. The van der Waals surface area contributed by atoms with Gasteiger partial charge in [0.2, 0.25) is 11.8 Å². The van der Waals surface area contributed by atoms with Gasteiger partial charge in [-0.15, -0.1) is 11.3 Å². The van der Waals surface area contributed by atoms with E-state index in [-0.39, 0.29) is 24.1 Å². The molecule has 5 rings (SSSR count). The van der Waals surface area contributed by atoms with Crippen molar-refractivity contribution in [1.82, 2.24) is 9.88 Å². The molecule has 162 valence electrons. The minimum absolute atomic E-state index is 0.137. The maximum absolute atomic E-state index is 13.0. The highest BCUT2D eigenvalue weighted by molar-refractivity contribution is 7.13. The van der Waals surface area contributed by atoms with Crippen LogP contribution in [0.2, 0.25) is 0 Å². The Bertz CT molecular complexity index is 1220. The summed E-state index contributed by atoms with van der Waals surface area (Å²) < 4.78 is 0. The highest BCUT2D eigenvalue weighted by Gasteiger charge is 2.38. The zero-order valence-electron chi connectivity index (χ0n) is 17.6. The van der Waals surface area contributed by atoms with Crippen LogP contribution in [0.4, 0.5) is 11.4 Å². The number of thiazole rings is 1. The van der Waals surface area contributed by atoms with E-state index in [2.05, 4.69) is 15.6 Å². The molecular formula is C24H22N4O3S. The molecule has 1 unspecified atom stereocenters. The SMILES string of the molecule is Cc1ccc(-c2nc(CC(=O)Nc3ccc4c(c3)C(=O)N3CCCC3C(=O)N4)cs2)cc1. The van der Waals surface area contributed by atoms with E-state index in [0.717, 1.165) is 17.0 Å². The van der Waals surface area contributed by atoms with Crippen molar-refractivity contribution in [2.24, 2.45) is 0 Å². The highest BCUT2D eigenvalue weighted by atomic mass is 32.1. The number of amides is 3. The van der Waals surface area contributed by atoms with Crippen molar-refractivity contribution in [1.29, 1.82) is 0 Å². The molecular weight excluding hydrogens is 424 g/mol. The molecule has 32 heavy (non-hydrogen) atoms. The van der Waals surface area contributed by atoms with Crippen LogP contribution in [0.15, 0.2) is 47.8 Å². The lowest BCUT2D eigenvalue weighted by atomic mass is 10.1. The van der Waals surface area contributed by atoms with Crippen molar-refractivity contribution in [3.8, 4) is 10.6 Å². The number of nitrogens with one attached hydrogen (secondary N) is 2. The smallest absolute Gasteiger partial charge is 0.256 e. The molecule has 1 atom stereocenters. The Kier molecular flexibility index (Phi) is 5.22. The van der Waals surface area contributed by atoms with Crippen molar-refractivity contribution < 1.29 is 14.4 Å². The van der Waals surface area contributed by atoms with Crippen molar-refractivity contribution in [2.75, 3.05) is 17.2 Å². The molecule has 0 aliphatic carbocycles. The molecule has 0 radical (unpaired) electrons. The molecule has 1 fully saturated rings. The molecule has 3 amide bonds. The van der Waals surface area contributed by atoms with Crippen LogP contribution in [0.1, 0.15) is 34.5 Å². The molecule has 2 aliphatic rings. The van der Waals surface area contributed by atoms with Gasteiger partial charge in [-0.25, -0.2) is 4.98 Å². The van der Waals surface area contributed by atoms with Gasteiger partial charge in [-0.1, -0.05) is 29.8 Å². The number of carbonyl (C=O) groups is 3. The summed E-state index contributed by atoms with van der Waals surface area (Å²) in [6.45, 7) is 2.61. The summed E-state index contributed by atoms with van der Waals surface area (Å²) in [5.74, 6) is -0.548. The maximum Gasteiger partial charge on any atom is 0.256 e. The first-order valence-electron chi connectivity index (χ1n) is 10.5. The molecule has 7 nitrogen and oxygen atoms in total. The summed E-state index contributed by atoms with van der Waals surface area (Å²) in [4.78, 5) is 44.2. The van der Waals surface area contributed by atoms with Gasteiger partial charge in [-0.05, 0) is 38.0 Å². The van der Waals surface area contributed by atoms with Crippen molar-refractivity contribution in [3.05, 3.63) is 64.7 Å². The summed E-state index contributed by atoms with van der Waals surface area (Å²) >= 11 is 1.51. The number of aromatic nitrogens is 1. The average molecular weight is 447 g/mol. The summed E-state index contributed by atoms with van der Waals surface area (Å²) in [6, 6.07) is 12.7. The van der Waals surface area contributed by atoms with E-state index in [1.54, 1.807) is 23.1 Å². The predicted octanol–water partition coefficient (Wildman–Crippen LogP) is 3.86. The predicted molar refractivity (Wildman–Crippen MR) is 124 cm³/mol. The topological polar surface area (TPSA) is 91.4 Å². The Labute approximate surface area is 189 Å². The van der Waals surface area contributed by atoms with Crippen LogP contribution in [-0.2, 0) is 16.0 Å². The Morgan fingerprint density at radius 2 is 2.03 bits per heavy atom. The van der Waals surface area contributed by atoms with Crippen LogP contribution in [0, 0.1) is 6.92 Å². The number of hydrogen-bond donors (Lipinski definition) is 2. The lowest BCUT2D eigenvalue weighted by Gasteiger charge is -2.20. The van der Waals surface area contributed by atoms with Gasteiger partial charge in [0.05, 0.1) is 23.4 Å². The average Bonchev–Trinajstić information content (AvgIpc) is 3.43. The monoisotopic (exact) mass is 446 g/mol. The molecule has 3 aromatic rings. The van der Waals surface area contributed by atoms with E-state index in [1.165, 1.54) is 16.9 Å². The Morgan fingerprint density at radius 3 is 2.84 bits per heavy atom. The van der Waals surface area contributed by atoms with E-state index < -0.39 is 6.04 Å². The maximum atomic E-state index is 13.0. The van der Waals surface area contributed by atoms with Crippen molar-refractivity contribution >= 4 is 40.4 Å². The van der Waals surface area contributed by atoms with Gasteiger partial charge in [-0.2, -0.15) is 0 Å². The Hall–Kier alpha value is -3.52. The number of rotatable bonds is 4. The van der Waals surface area contributed by atoms with Gasteiger partial charge in [0.15, 0.2) is 0 Å². The molecule has 0 spiro atoms. The number of aryl methyl sites for hydroxylation is 1. The van der Waals surface area contributed by atoms with Gasteiger partial charge in [-0.3, -0.25) is 14.4 Å². The van der Waals surface area contributed by atoms with E-state index in [1.807, 2.05) is 36.6 Å². The third-order valence-corrected chi connectivity index (χ3v) is 6.74. The molecule has 2 N–H and O–H groups in total. The number of fused-ring (bicyclic) bond motifs is 2. The van der Waals surface area contributed by atoms with E-state index in [0.29, 0.717) is 35.6 Å². The Morgan fingerprint density at radius 1 is 1.22 bits per heavy atom. The normalized spacial score (nSPS) is 17.4. The highest BCUT2D eigenvalue weighted by Crippen LogP contribution is 2.30. The molecule has 2 aliphatic heterocycles. The van der Waals surface area contributed by atoms with Gasteiger partial charge < -0.3 is 15.5 Å². The van der Waals surface area contributed by atoms with E-state index in [4.69, 9.17) is 0 Å². The molecule has 0 saturated carbocycles. The fourth-order valence-corrected chi connectivity index (χ4v) is 4.97. The second-order valence-electron chi connectivity index (χ2n) is 8.14. The lowest BCUT2D eigenvalue weighted by molar-refractivity contribution is -0.119. The zero-order valence-corrected chi connectivity index (χ0v) is 18.4. The summed E-state index contributed by atoms with van der Waals surface area (Å²) in [5, 5.41) is 8.46. The fourth-order valence-electron chi connectivity index (χ4n) is 4.15. The van der Waals surface area contributed by atoms with Crippen LogP contribution in [-0.4, -0.2) is 40.2 Å². The molecule has 1 saturated heterocycles. The summed E-state index contributed by atoms with van der Waals surface area (Å²) in [7, 11) is 0. The minimum Gasteiger partial charge on any atom is -0.327 e. The third-order valence-electron chi connectivity index (χ3n) is 5.80.